The van der Waals surface area contributed by atoms with E-state index in [1.807, 2.05) is 0 Å². The number of ether oxygens (including phenoxy) is 1. The first-order valence-electron chi connectivity index (χ1n) is 4.45. The van der Waals surface area contributed by atoms with Gasteiger partial charge in [-0.15, -0.1) is 0 Å². The number of hydrogen-bond acceptors (Lipinski definition) is 5. The highest BCUT2D eigenvalue weighted by Gasteiger charge is 2.15. The molecule has 0 aliphatic rings. The van der Waals surface area contributed by atoms with Gasteiger partial charge in [-0.2, -0.15) is 0 Å². The maximum Gasteiger partial charge on any atom is 0.341 e. The fourth-order valence-corrected chi connectivity index (χ4v) is 1.45. The van der Waals surface area contributed by atoms with E-state index in [-0.39, 0.29) is 11.3 Å². The van der Waals surface area contributed by atoms with Crippen LogP contribution in [0.15, 0.2) is 18.5 Å². The predicted octanol–water partition coefficient (Wildman–Crippen LogP) is 0.919. The van der Waals surface area contributed by atoms with Crippen LogP contribution in [0.3, 0.4) is 0 Å². The smallest absolute Gasteiger partial charge is 0.341 e. The van der Waals surface area contributed by atoms with E-state index in [0.717, 1.165) is 0 Å². The molecule has 2 rings (SSSR count). The maximum absolute atomic E-state index is 10.9. The number of anilines is 1. The normalized spacial score (nSPS) is 10.3. The van der Waals surface area contributed by atoms with Gasteiger partial charge in [-0.3, -0.25) is 0 Å². The summed E-state index contributed by atoms with van der Waals surface area (Å²) in [5.41, 5.74) is 6.39. The monoisotopic (exact) mass is 219 g/mol. The Kier molecular flexibility index (Phi) is 2.32. The lowest BCUT2D eigenvalue weighted by molar-refractivity contribution is 0.0693. The van der Waals surface area contributed by atoms with Gasteiger partial charge in [-0.1, -0.05) is 0 Å². The van der Waals surface area contributed by atoms with Crippen LogP contribution in [0, 0.1) is 0 Å². The molecule has 2 aromatic rings. The van der Waals surface area contributed by atoms with Gasteiger partial charge in [0.2, 0.25) is 0 Å². The van der Waals surface area contributed by atoms with E-state index >= 15 is 0 Å². The van der Waals surface area contributed by atoms with Gasteiger partial charge in [-0.05, 0) is 6.07 Å². The van der Waals surface area contributed by atoms with Crippen molar-refractivity contribution >= 4 is 22.7 Å². The van der Waals surface area contributed by atoms with Crippen LogP contribution >= 0.6 is 0 Å². The number of methoxy groups -OCH3 is 1. The van der Waals surface area contributed by atoms with Crippen LogP contribution in [0.1, 0.15) is 10.4 Å². The average molecular weight is 219 g/mol. The second-order valence-electron chi connectivity index (χ2n) is 3.15. The van der Waals surface area contributed by atoms with Gasteiger partial charge in [-0.25, -0.2) is 14.8 Å². The minimum Gasteiger partial charge on any atom is -0.495 e. The summed E-state index contributed by atoms with van der Waals surface area (Å²) in [7, 11) is 1.39. The Labute approximate surface area is 90.7 Å². The van der Waals surface area contributed by atoms with Crippen LogP contribution in [-0.4, -0.2) is 28.2 Å². The lowest BCUT2D eigenvalue weighted by atomic mass is 10.2. The van der Waals surface area contributed by atoms with Gasteiger partial charge < -0.3 is 15.6 Å². The lowest BCUT2D eigenvalue weighted by Gasteiger charge is -2.07. The van der Waals surface area contributed by atoms with Crippen molar-refractivity contribution in [2.75, 3.05) is 12.8 Å². The third-order valence-corrected chi connectivity index (χ3v) is 2.13. The number of nitrogens with two attached hydrogens (primary N) is 1. The zero-order valence-electron chi connectivity index (χ0n) is 8.47. The van der Waals surface area contributed by atoms with E-state index in [4.69, 9.17) is 15.6 Å². The molecule has 0 radical (unpaired) electrons. The van der Waals surface area contributed by atoms with Crippen LogP contribution in [0.2, 0.25) is 0 Å². The van der Waals surface area contributed by atoms with Gasteiger partial charge in [0.25, 0.3) is 0 Å². The molecule has 0 saturated heterocycles. The molecule has 0 atom stereocenters. The summed E-state index contributed by atoms with van der Waals surface area (Å²) in [5.74, 6) is -0.883. The van der Waals surface area contributed by atoms with E-state index in [1.165, 1.54) is 19.5 Å². The zero-order chi connectivity index (χ0) is 11.7. The molecule has 0 saturated carbocycles. The SMILES string of the molecule is COc1c(C(=O)O)cnc2ncc(N)cc12. The number of pyridine rings is 2. The van der Waals surface area contributed by atoms with Gasteiger partial charge in [0.1, 0.15) is 11.3 Å². The molecule has 2 aromatic heterocycles. The molecule has 3 N–H and O–H groups in total. The van der Waals surface area contributed by atoms with Crippen LogP contribution in [-0.2, 0) is 0 Å². The molecular weight excluding hydrogens is 210 g/mol. The topological polar surface area (TPSA) is 98.3 Å². The van der Waals surface area contributed by atoms with Crippen molar-refractivity contribution < 1.29 is 14.6 Å². The lowest BCUT2D eigenvalue weighted by Crippen LogP contribution is -2.03. The van der Waals surface area contributed by atoms with Crippen molar-refractivity contribution in [1.29, 1.82) is 0 Å². The molecule has 6 heteroatoms. The zero-order valence-corrected chi connectivity index (χ0v) is 8.47. The van der Waals surface area contributed by atoms with Crippen LogP contribution in [0.25, 0.3) is 11.0 Å². The third kappa shape index (κ3) is 1.50. The molecular formula is C10H9N3O3. The van der Waals surface area contributed by atoms with Gasteiger partial charge >= 0.3 is 5.97 Å². The van der Waals surface area contributed by atoms with Crippen molar-refractivity contribution in [2.45, 2.75) is 0 Å². The molecule has 6 nitrogen and oxygen atoms in total. The second-order valence-corrected chi connectivity index (χ2v) is 3.15. The summed E-state index contributed by atoms with van der Waals surface area (Å²) in [4.78, 5) is 18.8. The number of nitrogen functional groups attached to an aromatic ring is 1. The van der Waals surface area contributed by atoms with Crippen LogP contribution < -0.4 is 10.5 Å². The number of aromatic carboxylic acids is 1. The number of carbonyl (C=O) groups is 1. The molecule has 0 aliphatic carbocycles. The Morgan fingerprint density at radius 2 is 2.12 bits per heavy atom. The molecule has 82 valence electrons. The van der Waals surface area contributed by atoms with Gasteiger partial charge in [0, 0.05) is 6.20 Å². The van der Waals surface area contributed by atoms with E-state index in [1.54, 1.807) is 6.07 Å². The number of carboxylic acids is 1. The molecule has 0 aromatic carbocycles. The number of aromatic nitrogens is 2. The van der Waals surface area contributed by atoms with Gasteiger partial charge in [0.15, 0.2) is 5.65 Å². The minimum absolute atomic E-state index is 0.0117. The Bertz CT molecular complexity index is 568. The largest absolute Gasteiger partial charge is 0.495 e. The van der Waals surface area contributed by atoms with Crippen LogP contribution in [0.4, 0.5) is 5.69 Å². The van der Waals surface area contributed by atoms with E-state index in [2.05, 4.69) is 9.97 Å². The predicted molar refractivity (Wildman–Crippen MR) is 57.5 cm³/mol. The summed E-state index contributed by atoms with van der Waals surface area (Å²) in [6, 6.07) is 1.58. The van der Waals surface area contributed by atoms with Gasteiger partial charge in [0.05, 0.1) is 24.4 Å². The van der Waals surface area contributed by atoms with Crippen molar-refractivity contribution in [3.8, 4) is 5.75 Å². The van der Waals surface area contributed by atoms with Crippen LogP contribution in [0.5, 0.6) is 5.75 Å². The number of fused-ring (bicyclic) bond motifs is 1. The number of rotatable bonds is 2. The third-order valence-electron chi connectivity index (χ3n) is 2.13. The second kappa shape index (κ2) is 3.65. The molecule has 0 fully saturated rings. The highest BCUT2D eigenvalue weighted by atomic mass is 16.5. The maximum atomic E-state index is 10.9. The molecule has 0 bridgehead atoms. The number of carboxylic acid groups (broad SMARTS) is 1. The number of hydrogen-bond donors (Lipinski definition) is 2. The minimum atomic E-state index is -1.10. The Balaban J connectivity index is 2.83. The fourth-order valence-electron chi connectivity index (χ4n) is 1.45. The average Bonchev–Trinajstić information content (AvgIpc) is 2.27. The Morgan fingerprint density at radius 3 is 2.75 bits per heavy atom. The Morgan fingerprint density at radius 1 is 1.44 bits per heavy atom. The fraction of sp³-hybridized carbons (Fsp3) is 0.100. The highest BCUT2D eigenvalue weighted by Crippen LogP contribution is 2.28. The summed E-state index contributed by atoms with van der Waals surface area (Å²) in [6.07, 6.45) is 2.67. The number of nitrogens with zero attached hydrogens (tertiary/aromatic N) is 2. The summed E-state index contributed by atoms with van der Waals surface area (Å²) >= 11 is 0. The molecule has 0 spiro atoms. The van der Waals surface area contributed by atoms with Crippen molar-refractivity contribution in [3.05, 3.63) is 24.0 Å². The molecule has 2 heterocycles. The van der Waals surface area contributed by atoms with Crippen molar-refractivity contribution in [2.24, 2.45) is 0 Å². The standard InChI is InChI=1S/C10H9N3O3/c1-16-8-6-2-5(11)3-12-9(6)13-4-7(8)10(14)15/h2-4H,11H2,1H3,(H,14,15). The quantitative estimate of drug-likeness (QED) is 0.779. The molecule has 0 unspecified atom stereocenters. The van der Waals surface area contributed by atoms with E-state index < -0.39 is 5.97 Å². The first-order chi connectivity index (χ1) is 7.63. The first kappa shape index (κ1) is 10.2. The summed E-state index contributed by atoms with van der Waals surface area (Å²) in [6.45, 7) is 0. The highest BCUT2D eigenvalue weighted by molar-refractivity contribution is 5.98. The van der Waals surface area contributed by atoms with Crippen molar-refractivity contribution in [1.82, 2.24) is 9.97 Å². The first-order valence-corrected chi connectivity index (χ1v) is 4.45. The van der Waals surface area contributed by atoms with E-state index in [0.29, 0.717) is 16.7 Å². The van der Waals surface area contributed by atoms with E-state index in [9.17, 15) is 4.79 Å². The molecule has 16 heavy (non-hydrogen) atoms. The van der Waals surface area contributed by atoms with Crippen molar-refractivity contribution in [3.63, 3.8) is 0 Å². The summed E-state index contributed by atoms with van der Waals surface area (Å²) in [5, 5.41) is 9.44. The molecule has 0 aliphatic heterocycles. The Hall–Kier alpha value is -2.37. The summed E-state index contributed by atoms with van der Waals surface area (Å²) < 4.78 is 5.06. The molecule has 0 amide bonds.